The van der Waals surface area contributed by atoms with E-state index in [0.717, 1.165) is 25.9 Å². The van der Waals surface area contributed by atoms with Crippen LogP contribution in [0.2, 0.25) is 0 Å². The Bertz CT molecular complexity index is 462. The van der Waals surface area contributed by atoms with Crippen molar-refractivity contribution in [3.63, 3.8) is 0 Å². The van der Waals surface area contributed by atoms with Gasteiger partial charge in [0.25, 0.3) is 0 Å². The lowest BCUT2D eigenvalue weighted by Crippen LogP contribution is -2.33. The largest absolute Gasteiger partial charge is 0.573 e. The van der Waals surface area contributed by atoms with Crippen LogP contribution in [0.3, 0.4) is 0 Å². The van der Waals surface area contributed by atoms with Gasteiger partial charge in [0.1, 0.15) is 5.75 Å². The number of hydrogen-bond donors (Lipinski definition) is 0. The molecular formula is C14H16F3NO2. The van der Waals surface area contributed by atoms with Crippen molar-refractivity contribution in [3.05, 3.63) is 29.8 Å². The Hall–Kier alpha value is -1.56. The zero-order valence-corrected chi connectivity index (χ0v) is 11.1. The molecule has 1 aromatic rings. The van der Waals surface area contributed by atoms with Crippen molar-refractivity contribution in [1.82, 2.24) is 4.90 Å². The summed E-state index contributed by atoms with van der Waals surface area (Å²) in [4.78, 5) is 14.4. The number of carbonyl (C=O) groups is 1. The molecule has 0 bridgehead atoms. The van der Waals surface area contributed by atoms with Gasteiger partial charge in [0, 0.05) is 11.5 Å². The van der Waals surface area contributed by atoms with Gasteiger partial charge in [-0.25, -0.2) is 0 Å². The zero-order valence-electron chi connectivity index (χ0n) is 11.1. The molecule has 1 aliphatic heterocycles. The first-order valence-corrected chi connectivity index (χ1v) is 6.44. The Kier molecular flexibility index (Phi) is 4.32. The minimum absolute atomic E-state index is 0.00309. The highest BCUT2D eigenvalue weighted by molar-refractivity contribution is 5.98. The van der Waals surface area contributed by atoms with E-state index in [1.165, 1.54) is 24.3 Å². The van der Waals surface area contributed by atoms with Crippen LogP contribution in [0.4, 0.5) is 13.2 Å². The normalized spacial score (nSPS) is 18.0. The Morgan fingerprint density at radius 2 is 1.75 bits per heavy atom. The summed E-state index contributed by atoms with van der Waals surface area (Å²) in [5, 5.41) is 0. The maximum Gasteiger partial charge on any atom is 0.573 e. The summed E-state index contributed by atoms with van der Waals surface area (Å²) in [5.41, 5.74) is 0.439. The minimum Gasteiger partial charge on any atom is -0.406 e. The molecule has 110 valence electrons. The van der Waals surface area contributed by atoms with E-state index in [9.17, 15) is 18.0 Å². The van der Waals surface area contributed by atoms with Crippen LogP contribution in [0.25, 0.3) is 0 Å². The second-order valence-electron chi connectivity index (χ2n) is 5.01. The fraction of sp³-hybridized carbons (Fsp3) is 0.500. The number of rotatable bonds is 3. The Morgan fingerprint density at radius 3 is 2.25 bits per heavy atom. The van der Waals surface area contributed by atoms with Crippen molar-refractivity contribution in [3.8, 4) is 5.75 Å². The van der Waals surface area contributed by atoms with E-state index in [2.05, 4.69) is 9.64 Å². The minimum atomic E-state index is -4.71. The highest BCUT2D eigenvalue weighted by Gasteiger charge is 2.31. The molecule has 0 atom stereocenters. The standard InChI is InChI=1S/C14H16F3NO2/c1-18-8-6-11(7-9-18)13(19)10-2-4-12(5-3-10)20-14(15,16)17/h2-5,11H,6-9H2,1H3. The molecule has 0 radical (unpaired) electrons. The molecule has 2 rings (SSSR count). The first-order chi connectivity index (χ1) is 9.35. The first-order valence-electron chi connectivity index (χ1n) is 6.44. The second-order valence-corrected chi connectivity index (χ2v) is 5.01. The molecule has 1 fully saturated rings. The third-order valence-corrected chi connectivity index (χ3v) is 3.46. The smallest absolute Gasteiger partial charge is 0.406 e. The lowest BCUT2D eigenvalue weighted by molar-refractivity contribution is -0.274. The van der Waals surface area contributed by atoms with E-state index in [1.54, 1.807) is 0 Å². The third kappa shape index (κ3) is 3.96. The van der Waals surface area contributed by atoms with Crippen LogP contribution in [0.1, 0.15) is 23.2 Å². The summed E-state index contributed by atoms with van der Waals surface area (Å²) in [6.45, 7) is 1.73. The quantitative estimate of drug-likeness (QED) is 0.800. The lowest BCUT2D eigenvalue weighted by atomic mass is 9.89. The number of ketones is 1. The van der Waals surface area contributed by atoms with Gasteiger partial charge in [0.2, 0.25) is 0 Å². The Balaban J connectivity index is 2.00. The molecule has 0 spiro atoms. The van der Waals surface area contributed by atoms with Gasteiger partial charge < -0.3 is 9.64 Å². The van der Waals surface area contributed by atoms with Gasteiger partial charge in [-0.1, -0.05) is 0 Å². The molecule has 1 aliphatic rings. The summed E-state index contributed by atoms with van der Waals surface area (Å²) < 4.78 is 39.9. The van der Waals surface area contributed by atoms with Gasteiger partial charge in [-0.3, -0.25) is 4.79 Å². The molecule has 6 heteroatoms. The van der Waals surface area contributed by atoms with E-state index in [4.69, 9.17) is 0 Å². The van der Waals surface area contributed by atoms with Crippen LogP contribution in [0, 0.1) is 5.92 Å². The summed E-state index contributed by atoms with van der Waals surface area (Å²) in [6, 6.07) is 5.13. The van der Waals surface area contributed by atoms with Crippen LogP contribution in [-0.2, 0) is 0 Å². The number of ether oxygens (including phenoxy) is 1. The topological polar surface area (TPSA) is 29.5 Å². The predicted molar refractivity (Wildman–Crippen MR) is 67.7 cm³/mol. The van der Waals surface area contributed by atoms with Gasteiger partial charge in [0.05, 0.1) is 0 Å². The predicted octanol–water partition coefficient (Wildman–Crippen LogP) is 3.11. The van der Waals surface area contributed by atoms with Crippen LogP contribution in [0.15, 0.2) is 24.3 Å². The molecule has 1 aromatic carbocycles. The Morgan fingerprint density at radius 1 is 1.20 bits per heavy atom. The highest BCUT2D eigenvalue weighted by Crippen LogP contribution is 2.25. The van der Waals surface area contributed by atoms with Gasteiger partial charge >= 0.3 is 6.36 Å². The van der Waals surface area contributed by atoms with Crippen molar-refractivity contribution in [2.45, 2.75) is 19.2 Å². The Labute approximate surface area is 115 Å². The van der Waals surface area contributed by atoms with Crippen LogP contribution < -0.4 is 4.74 Å². The highest BCUT2D eigenvalue weighted by atomic mass is 19.4. The molecule has 1 heterocycles. The number of Topliss-reactive ketones (excluding diaryl/α,β-unsaturated/α-hetero) is 1. The second kappa shape index (κ2) is 5.83. The van der Waals surface area contributed by atoms with Crippen molar-refractivity contribution < 1.29 is 22.7 Å². The lowest BCUT2D eigenvalue weighted by Gasteiger charge is -2.28. The molecule has 0 amide bonds. The van der Waals surface area contributed by atoms with E-state index >= 15 is 0 Å². The van der Waals surface area contributed by atoms with Crippen molar-refractivity contribution >= 4 is 5.78 Å². The molecule has 0 aromatic heterocycles. The van der Waals surface area contributed by atoms with Crippen LogP contribution in [0.5, 0.6) is 5.75 Å². The number of benzene rings is 1. The monoisotopic (exact) mass is 287 g/mol. The first kappa shape index (κ1) is 14.8. The zero-order chi connectivity index (χ0) is 14.8. The number of nitrogens with zero attached hydrogens (tertiary/aromatic N) is 1. The van der Waals surface area contributed by atoms with Crippen molar-refractivity contribution in [2.75, 3.05) is 20.1 Å². The van der Waals surface area contributed by atoms with E-state index < -0.39 is 6.36 Å². The average Bonchev–Trinajstić information content (AvgIpc) is 2.38. The maximum absolute atomic E-state index is 12.2. The number of alkyl halides is 3. The number of likely N-dealkylation sites (tertiary alicyclic amines) is 1. The van der Waals surface area contributed by atoms with E-state index in [0.29, 0.717) is 5.56 Å². The van der Waals surface area contributed by atoms with Gasteiger partial charge in [0.15, 0.2) is 5.78 Å². The summed E-state index contributed by atoms with van der Waals surface area (Å²) in [5.74, 6) is -0.352. The molecule has 0 aliphatic carbocycles. The SMILES string of the molecule is CN1CCC(C(=O)c2ccc(OC(F)(F)F)cc2)CC1. The summed E-state index contributed by atoms with van der Waals surface area (Å²) >= 11 is 0. The molecule has 0 N–H and O–H groups in total. The molecule has 1 saturated heterocycles. The van der Waals surface area contributed by atoms with Gasteiger partial charge in [-0.15, -0.1) is 13.2 Å². The van der Waals surface area contributed by atoms with Crippen LogP contribution in [-0.4, -0.2) is 37.2 Å². The molecule has 0 unspecified atom stereocenters. The number of piperidine rings is 1. The third-order valence-electron chi connectivity index (χ3n) is 3.46. The number of hydrogen-bond acceptors (Lipinski definition) is 3. The summed E-state index contributed by atoms with van der Waals surface area (Å²) in [6.07, 6.45) is -3.13. The van der Waals surface area contributed by atoms with Crippen LogP contribution >= 0.6 is 0 Å². The molecule has 3 nitrogen and oxygen atoms in total. The van der Waals surface area contributed by atoms with Crippen molar-refractivity contribution in [2.24, 2.45) is 5.92 Å². The van der Waals surface area contributed by atoms with E-state index in [1.807, 2.05) is 7.05 Å². The maximum atomic E-state index is 12.2. The van der Waals surface area contributed by atoms with E-state index in [-0.39, 0.29) is 17.5 Å². The van der Waals surface area contributed by atoms with Gasteiger partial charge in [-0.2, -0.15) is 0 Å². The molecular weight excluding hydrogens is 271 g/mol. The summed E-state index contributed by atoms with van der Waals surface area (Å²) in [7, 11) is 2.00. The average molecular weight is 287 g/mol. The fourth-order valence-electron chi connectivity index (χ4n) is 2.33. The number of carbonyl (C=O) groups excluding carboxylic acids is 1. The fourth-order valence-corrected chi connectivity index (χ4v) is 2.33. The van der Waals surface area contributed by atoms with Crippen molar-refractivity contribution in [1.29, 1.82) is 0 Å². The molecule has 0 saturated carbocycles. The number of halogens is 3. The van der Waals surface area contributed by atoms with Gasteiger partial charge in [-0.05, 0) is 57.2 Å². The molecule has 20 heavy (non-hydrogen) atoms.